The zero-order chi connectivity index (χ0) is 18.0. The zero-order valence-electron chi connectivity index (χ0n) is 13.6. The van der Waals surface area contributed by atoms with Crippen LogP contribution in [0.3, 0.4) is 0 Å². The first-order valence-electron chi connectivity index (χ1n) is 8.27. The van der Waals surface area contributed by atoms with Gasteiger partial charge in [-0.05, 0) is 25.0 Å². The summed E-state index contributed by atoms with van der Waals surface area (Å²) in [5.74, 6) is -1.42. The lowest BCUT2D eigenvalue weighted by atomic mass is 9.82. The molecule has 0 radical (unpaired) electrons. The van der Waals surface area contributed by atoms with Gasteiger partial charge < -0.3 is 10.6 Å². The molecule has 2 N–H and O–H groups in total. The monoisotopic (exact) mass is 367 g/mol. The highest BCUT2D eigenvalue weighted by Crippen LogP contribution is 2.33. The molecule has 0 aromatic heterocycles. The van der Waals surface area contributed by atoms with Crippen LogP contribution >= 0.6 is 11.6 Å². The summed E-state index contributed by atoms with van der Waals surface area (Å²) in [5, 5.41) is 5.45. The van der Waals surface area contributed by atoms with E-state index in [4.69, 9.17) is 11.6 Å². The van der Waals surface area contributed by atoms with Crippen LogP contribution < -0.4 is 10.6 Å². The number of urea groups is 1. The quantitative estimate of drug-likeness (QED) is 0.802. The first-order chi connectivity index (χ1) is 11.9. The number of hydrogen-bond donors (Lipinski definition) is 2. The molecular weight excluding hydrogens is 349 g/mol. The number of imide groups is 1. The van der Waals surface area contributed by atoms with Gasteiger partial charge in [-0.2, -0.15) is 0 Å². The van der Waals surface area contributed by atoms with Gasteiger partial charge in [0.1, 0.15) is 17.9 Å². The Labute approximate surface area is 149 Å². The molecule has 0 bridgehead atoms. The van der Waals surface area contributed by atoms with Crippen molar-refractivity contribution in [3.63, 3.8) is 0 Å². The van der Waals surface area contributed by atoms with Crippen molar-refractivity contribution < 1.29 is 18.8 Å². The fraction of sp³-hybridized carbons (Fsp3) is 0.471. The Hall–Kier alpha value is -2.15. The SMILES string of the molecule is O=C(CN1C(=O)NC2(CCCCC2)C1=O)NCc1c(F)cccc1Cl. The summed E-state index contributed by atoms with van der Waals surface area (Å²) in [6.45, 7) is -0.502. The van der Waals surface area contributed by atoms with Gasteiger partial charge in [0.15, 0.2) is 0 Å². The topological polar surface area (TPSA) is 78.5 Å². The summed E-state index contributed by atoms with van der Waals surface area (Å²) in [6, 6.07) is 3.69. The van der Waals surface area contributed by atoms with E-state index in [1.165, 1.54) is 18.2 Å². The third kappa shape index (κ3) is 3.46. The third-order valence-electron chi connectivity index (χ3n) is 4.78. The number of hydrogen-bond acceptors (Lipinski definition) is 3. The molecule has 1 aromatic rings. The van der Waals surface area contributed by atoms with Crippen LogP contribution in [0.15, 0.2) is 18.2 Å². The highest BCUT2D eigenvalue weighted by molar-refractivity contribution is 6.31. The van der Waals surface area contributed by atoms with Crippen LogP contribution in [-0.4, -0.2) is 34.8 Å². The van der Waals surface area contributed by atoms with E-state index in [0.29, 0.717) is 12.8 Å². The Morgan fingerprint density at radius 1 is 1.28 bits per heavy atom. The normalized spacial score (nSPS) is 19.2. The summed E-state index contributed by atoms with van der Waals surface area (Å²) in [4.78, 5) is 37.7. The van der Waals surface area contributed by atoms with E-state index in [0.717, 1.165) is 24.2 Å². The molecule has 1 saturated heterocycles. The molecule has 3 rings (SSSR count). The van der Waals surface area contributed by atoms with Gasteiger partial charge in [-0.3, -0.25) is 14.5 Å². The molecule has 6 nitrogen and oxygen atoms in total. The van der Waals surface area contributed by atoms with Crippen LogP contribution in [0.25, 0.3) is 0 Å². The molecule has 0 unspecified atom stereocenters. The Balaban J connectivity index is 1.61. The van der Waals surface area contributed by atoms with Gasteiger partial charge in [-0.15, -0.1) is 0 Å². The van der Waals surface area contributed by atoms with Gasteiger partial charge in [0.2, 0.25) is 5.91 Å². The summed E-state index contributed by atoms with van der Waals surface area (Å²) in [6.07, 6.45) is 3.98. The fourth-order valence-electron chi connectivity index (χ4n) is 3.40. The van der Waals surface area contributed by atoms with Gasteiger partial charge in [0.25, 0.3) is 5.91 Å². The smallest absolute Gasteiger partial charge is 0.325 e. The van der Waals surface area contributed by atoms with E-state index < -0.39 is 29.8 Å². The standard InChI is InChI=1S/C17H19ClFN3O3/c18-12-5-4-6-13(19)11(12)9-20-14(23)10-22-15(24)17(21-16(22)25)7-2-1-3-8-17/h4-6H,1-3,7-10H2,(H,20,23)(H,21,25). The number of halogens is 2. The van der Waals surface area contributed by atoms with E-state index in [1.54, 1.807) is 0 Å². The van der Waals surface area contributed by atoms with Crippen LogP contribution in [0.4, 0.5) is 9.18 Å². The predicted octanol–water partition coefficient (Wildman–Crippen LogP) is 2.35. The maximum atomic E-state index is 13.7. The van der Waals surface area contributed by atoms with Crippen LogP contribution in [0.5, 0.6) is 0 Å². The number of nitrogens with zero attached hydrogens (tertiary/aromatic N) is 1. The second-order valence-electron chi connectivity index (χ2n) is 6.44. The second kappa shape index (κ2) is 7.00. The summed E-state index contributed by atoms with van der Waals surface area (Å²) >= 11 is 5.91. The average molecular weight is 368 g/mol. The molecule has 1 aliphatic heterocycles. The molecule has 134 valence electrons. The maximum Gasteiger partial charge on any atom is 0.325 e. The zero-order valence-corrected chi connectivity index (χ0v) is 14.4. The number of amides is 4. The van der Waals surface area contributed by atoms with E-state index >= 15 is 0 Å². The molecule has 0 atom stereocenters. The van der Waals surface area contributed by atoms with Gasteiger partial charge in [-0.1, -0.05) is 36.9 Å². The molecule has 2 fully saturated rings. The van der Waals surface area contributed by atoms with Crippen molar-refractivity contribution in [2.45, 2.75) is 44.2 Å². The lowest BCUT2D eigenvalue weighted by molar-refractivity contribution is -0.135. The van der Waals surface area contributed by atoms with Crippen molar-refractivity contribution in [2.24, 2.45) is 0 Å². The summed E-state index contributed by atoms with van der Waals surface area (Å²) < 4.78 is 13.7. The molecule has 25 heavy (non-hydrogen) atoms. The van der Waals surface area contributed by atoms with Crippen molar-refractivity contribution in [3.8, 4) is 0 Å². The molecule has 1 spiro atoms. The van der Waals surface area contributed by atoms with Crippen molar-refractivity contribution >= 4 is 29.4 Å². The summed E-state index contributed by atoms with van der Waals surface area (Å²) in [7, 11) is 0. The highest BCUT2D eigenvalue weighted by atomic mass is 35.5. The van der Waals surface area contributed by atoms with Crippen LogP contribution in [-0.2, 0) is 16.1 Å². The number of benzene rings is 1. The van der Waals surface area contributed by atoms with Gasteiger partial charge in [0, 0.05) is 17.1 Å². The fourth-order valence-corrected chi connectivity index (χ4v) is 3.63. The molecule has 1 aliphatic carbocycles. The number of carbonyl (C=O) groups is 3. The summed E-state index contributed by atoms with van der Waals surface area (Å²) in [5.41, 5.74) is -0.691. The Morgan fingerprint density at radius 2 is 2.00 bits per heavy atom. The minimum absolute atomic E-state index is 0.112. The van der Waals surface area contributed by atoms with Crippen molar-refractivity contribution in [1.82, 2.24) is 15.5 Å². The Bertz CT molecular complexity index is 699. The number of carbonyl (C=O) groups excluding carboxylic acids is 3. The Kier molecular flexibility index (Phi) is 4.94. The largest absolute Gasteiger partial charge is 0.350 e. The maximum absolute atomic E-state index is 13.7. The van der Waals surface area contributed by atoms with Gasteiger partial charge in [0.05, 0.1) is 0 Å². The van der Waals surface area contributed by atoms with Crippen LogP contribution in [0, 0.1) is 5.82 Å². The third-order valence-corrected chi connectivity index (χ3v) is 5.13. The molecule has 1 heterocycles. The van der Waals surface area contributed by atoms with Crippen molar-refractivity contribution in [2.75, 3.05) is 6.54 Å². The number of nitrogens with one attached hydrogen (secondary N) is 2. The first-order valence-corrected chi connectivity index (χ1v) is 8.64. The van der Waals surface area contributed by atoms with E-state index in [1.807, 2.05) is 0 Å². The number of rotatable bonds is 4. The second-order valence-corrected chi connectivity index (χ2v) is 6.85. The molecular formula is C17H19ClFN3O3. The Morgan fingerprint density at radius 3 is 2.68 bits per heavy atom. The van der Waals surface area contributed by atoms with Gasteiger partial charge in [-0.25, -0.2) is 9.18 Å². The molecule has 4 amide bonds. The van der Waals surface area contributed by atoms with Crippen molar-refractivity contribution in [3.05, 3.63) is 34.6 Å². The van der Waals surface area contributed by atoms with E-state index in [-0.39, 0.29) is 23.0 Å². The molecule has 1 aromatic carbocycles. The van der Waals surface area contributed by atoms with Crippen molar-refractivity contribution in [1.29, 1.82) is 0 Å². The lowest BCUT2D eigenvalue weighted by Gasteiger charge is -2.30. The molecule has 1 saturated carbocycles. The average Bonchev–Trinajstić information content (AvgIpc) is 2.79. The minimum atomic E-state index is -0.857. The predicted molar refractivity (Wildman–Crippen MR) is 89.3 cm³/mol. The van der Waals surface area contributed by atoms with Crippen LogP contribution in [0.1, 0.15) is 37.7 Å². The lowest BCUT2D eigenvalue weighted by Crippen LogP contribution is -2.49. The molecule has 2 aliphatic rings. The highest BCUT2D eigenvalue weighted by Gasteiger charge is 2.51. The molecule has 8 heteroatoms. The van der Waals surface area contributed by atoms with E-state index in [9.17, 15) is 18.8 Å². The minimum Gasteiger partial charge on any atom is -0.350 e. The van der Waals surface area contributed by atoms with Gasteiger partial charge >= 0.3 is 6.03 Å². The van der Waals surface area contributed by atoms with E-state index in [2.05, 4.69) is 10.6 Å². The first kappa shape index (κ1) is 17.7. The van der Waals surface area contributed by atoms with Crippen LogP contribution in [0.2, 0.25) is 5.02 Å².